The molecular weight excluding hydrogens is 164 g/mol. The summed E-state index contributed by atoms with van der Waals surface area (Å²) in [6, 6.07) is 7.96. The van der Waals surface area contributed by atoms with E-state index in [1.165, 1.54) is 5.56 Å². The highest BCUT2D eigenvalue weighted by atomic mass is 16.5. The molecule has 1 fully saturated rings. The van der Waals surface area contributed by atoms with Crippen LogP contribution < -0.4 is 4.74 Å². The monoisotopic (exact) mass is 176 g/mol. The number of methoxy groups -OCH3 is 1. The zero-order valence-corrected chi connectivity index (χ0v) is 7.62. The number of benzene rings is 1. The maximum atomic E-state index is 10.8. The predicted octanol–water partition coefficient (Wildman–Crippen LogP) is 2.14. The van der Waals surface area contributed by atoms with Crippen LogP contribution in [-0.2, 0) is 4.79 Å². The van der Waals surface area contributed by atoms with Crippen LogP contribution >= 0.6 is 0 Å². The molecule has 0 aromatic heterocycles. The van der Waals surface area contributed by atoms with Gasteiger partial charge in [-0.3, -0.25) is 4.79 Å². The molecule has 0 spiro atoms. The minimum absolute atomic E-state index is 0.376. The fourth-order valence-electron chi connectivity index (χ4n) is 1.60. The van der Waals surface area contributed by atoms with Crippen LogP contribution in [0.3, 0.4) is 0 Å². The van der Waals surface area contributed by atoms with Crippen LogP contribution in [0.5, 0.6) is 5.75 Å². The maximum Gasteiger partial charge on any atom is 0.134 e. The van der Waals surface area contributed by atoms with Gasteiger partial charge in [0.1, 0.15) is 11.5 Å². The highest BCUT2D eigenvalue weighted by Gasteiger charge is 2.27. The summed E-state index contributed by atoms with van der Waals surface area (Å²) in [4.78, 5) is 10.8. The van der Waals surface area contributed by atoms with Gasteiger partial charge in [0.2, 0.25) is 0 Å². The summed E-state index contributed by atoms with van der Waals surface area (Å²) in [5.41, 5.74) is 1.25. The van der Waals surface area contributed by atoms with E-state index in [2.05, 4.69) is 0 Å². The molecule has 2 nitrogen and oxygen atoms in total. The summed E-state index contributed by atoms with van der Waals surface area (Å²) in [5, 5.41) is 0. The largest absolute Gasteiger partial charge is 0.497 e. The fraction of sp³-hybridized carbons (Fsp3) is 0.364. The van der Waals surface area contributed by atoms with Crippen LogP contribution in [0.1, 0.15) is 24.3 Å². The lowest BCUT2D eigenvalue weighted by Gasteiger charge is -2.24. The number of ketones is 1. The molecule has 0 aliphatic heterocycles. The third-order valence-corrected chi connectivity index (χ3v) is 2.54. The van der Waals surface area contributed by atoms with Crippen molar-refractivity contribution in [3.05, 3.63) is 29.8 Å². The van der Waals surface area contributed by atoms with E-state index in [4.69, 9.17) is 4.74 Å². The molecule has 1 saturated carbocycles. The summed E-state index contributed by atoms with van der Waals surface area (Å²) in [6.45, 7) is 0. The maximum absolute atomic E-state index is 10.8. The van der Waals surface area contributed by atoms with Crippen molar-refractivity contribution in [2.45, 2.75) is 18.8 Å². The molecule has 2 rings (SSSR count). The summed E-state index contributed by atoms with van der Waals surface area (Å²) < 4.78 is 5.05. The number of hydrogen-bond acceptors (Lipinski definition) is 2. The number of carbonyl (C=O) groups excluding carboxylic acids is 1. The van der Waals surface area contributed by atoms with Gasteiger partial charge in [-0.25, -0.2) is 0 Å². The van der Waals surface area contributed by atoms with Crippen LogP contribution in [0.2, 0.25) is 0 Å². The first-order valence-electron chi connectivity index (χ1n) is 4.45. The normalized spacial score (nSPS) is 16.8. The first-order chi connectivity index (χ1) is 6.29. The number of hydrogen-bond donors (Lipinski definition) is 0. The zero-order chi connectivity index (χ0) is 9.26. The second-order valence-electron chi connectivity index (χ2n) is 3.42. The first-order valence-corrected chi connectivity index (χ1v) is 4.45. The Hall–Kier alpha value is -1.31. The summed E-state index contributed by atoms with van der Waals surface area (Å²) in [7, 11) is 1.65. The Bertz CT molecular complexity index is 305. The van der Waals surface area contributed by atoms with Crippen LogP contribution in [0.25, 0.3) is 0 Å². The van der Waals surface area contributed by atoms with E-state index in [1.807, 2.05) is 24.3 Å². The Morgan fingerprint density at radius 1 is 1.23 bits per heavy atom. The molecule has 1 aromatic carbocycles. The lowest BCUT2D eigenvalue weighted by atomic mass is 9.79. The molecule has 0 saturated heterocycles. The van der Waals surface area contributed by atoms with Crippen LogP contribution in [0.15, 0.2) is 24.3 Å². The highest BCUT2D eigenvalue weighted by Crippen LogP contribution is 2.34. The van der Waals surface area contributed by atoms with Gasteiger partial charge in [0.25, 0.3) is 0 Å². The number of Topliss-reactive ketones (excluding diaryl/α,β-unsaturated/α-hetero) is 1. The quantitative estimate of drug-likeness (QED) is 0.690. The van der Waals surface area contributed by atoms with Crippen molar-refractivity contribution in [2.24, 2.45) is 0 Å². The molecule has 0 bridgehead atoms. The predicted molar refractivity (Wildman–Crippen MR) is 50.0 cm³/mol. The second kappa shape index (κ2) is 3.21. The molecule has 0 heterocycles. The molecule has 0 unspecified atom stereocenters. The summed E-state index contributed by atoms with van der Waals surface area (Å²) in [6.07, 6.45) is 1.43. The van der Waals surface area contributed by atoms with Crippen molar-refractivity contribution >= 4 is 5.78 Å². The SMILES string of the molecule is COc1ccc(C2CC(=O)C2)cc1. The first kappa shape index (κ1) is 8.30. The van der Waals surface area contributed by atoms with Crippen molar-refractivity contribution in [2.75, 3.05) is 7.11 Å². The minimum Gasteiger partial charge on any atom is -0.497 e. The Kier molecular flexibility index (Phi) is 2.05. The molecule has 68 valence electrons. The molecule has 2 heteroatoms. The molecule has 0 atom stereocenters. The van der Waals surface area contributed by atoms with Gasteiger partial charge in [0.15, 0.2) is 0 Å². The van der Waals surface area contributed by atoms with Gasteiger partial charge < -0.3 is 4.74 Å². The van der Waals surface area contributed by atoms with Crippen LogP contribution in [0.4, 0.5) is 0 Å². The molecular formula is C11H12O2. The molecule has 1 aliphatic rings. The van der Waals surface area contributed by atoms with Crippen molar-refractivity contribution < 1.29 is 9.53 Å². The molecule has 0 radical (unpaired) electrons. The molecule has 1 aromatic rings. The van der Waals surface area contributed by atoms with Crippen molar-refractivity contribution in [1.29, 1.82) is 0 Å². The Balaban J connectivity index is 2.10. The van der Waals surface area contributed by atoms with E-state index in [0.717, 1.165) is 5.75 Å². The van der Waals surface area contributed by atoms with Gasteiger partial charge in [-0.1, -0.05) is 12.1 Å². The third-order valence-electron chi connectivity index (χ3n) is 2.54. The standard InChI is InChI=1S/C11H12O2/c1-13-11-4-2-8(3-5-11)9-6-10(12)7-9/h2-5,9H,6-7H2,1H3. The average Bonchev–Trinajstić information content (AvgIpc) is 2.13. The van der Waals surface area contributed by atoms with E-state index in [1.54, 1.807) is 7.11 Å². The number of ether oxygens (including phenoxy) is 1. The van der Waals surface area contributed by atoms with Gasteiger partial charge in [-0.15, -0.1) is 0 Å². The van der Waals surface area contributed by atoms with Crippen molar-refractivity contribution in [3.63, 3.8) is 0 Å². The van der Waals surface area contributed by atoms with Crippen LogP contribution in [-0.4, -0.2) is 12.9 Å². The van der Waals surface area contributed by atoms with Gasteiger partial charge in [0, 0.05) is 12.8 Å². The lowest BCUT2D eigenvalue weighted by molar-refractivity contribution is -0.124. The van der Waals surface area contributed by atoms with Gasteiger partial charge in [-0.05, 0) is 23.6 Å². The summed E-state index contributed by atoms with van der Waals surface area (Å²) in [5.74, 6) is 1.70. The molecule has 13 heavy (non-hydrogen) atoms. The molecule has 1 aliphatic carbocycles. The number of rotatable bonds is 2. The van der Waals surface area contributed by atoms with E-state index in [0.29, 0.717) is 24.5 Å². The lowest BCUT2D eigenvalue weighted by Crippen LogP contribution is -2.20. The Morgan fingerprint density at radius 3 is 2.31 bits per heavy atom. The van der Waals surface area contributed by atoms with E-state index in [-0.39, 0.29) is 0 Å². The van der Waals surface area contributed by atoms with Crippen LogP contribution in [0, 0.1) is 0 Å². The Labute approximate surface area is 77.5 Å². The van der Waals surface area contributed by atoms with Crippen molar-refractivity contribution in [3.8, 4) is 5.75 Å². The van der Waals surface area contributed by atoms with Gasteiger partial charge >= 0.3 is 0 Å². The zero-order valence-electron chi connectivity index (χ0n) is 7.62. The van der Waals surface area contributed by atoms with E-state index in [9.17, 15) is 4.79 Å². The van der Waals surface area contributed by atoms with Gasteiger partial charge in [-0.2, -0.15) is 0 Å². The Morgan fingerprint density at radius 2 is 1.85 bits per heavy atom. The fourth-order valence-corrected chi connectivity index (χ4v) is 1.60. The molecule has 0 N–H and O–H groups in total. The highest BCUT2D eigenvalue weighted by molar-refractivity contribution is 5.86. The minimum atomic E-state index is 0.376. The third kappa shape index (κ3) is 1.57. The van der Waals surface area contributed by atoms with E-state index < -0.39 is 0 Å². The molecule has 0 amide bonds. The van der Waals surface area contributed by atoms with Crippen molar-refractivity contribution in [1.82, 2.24) is 0 Å². The summed E-state index contributed by atoms with van der Waals surface area (Å²) >= 11 is 0. The van der Waals surface area contributed by atoms with Gasteiger partial charge in [0.05, 0.1) is 7.11 Å². The second-order valence-corrected chi connectivity index (χ2v) is 3.42. The number of carbonyl (C=O) groups is 1. The van der Waals surface area contributed by atoms with E-state index >= 15 is 0 Å². The average molecular weight is 176 g/mol. The topological polar surface area (TPSA) is 26.3 Å². The smallest absolute Gasteiger partial charge is 0.134 e.